The van der Waals surface area contributed by atoms with Crippen molar-refractivity contribution in [2.75, 3.05) is 7.05 Å². The molecule has 0 saturated carbocycles. The highest BCUT2D eigenvalue weighted by Gasteiger charge is 2.17. The lowest BCUT2D eigenvalue weighted by molar-refractivity contribution is 0.552. The standard InChI is InChI=1S/C14H11Cl2F2N/c1-19-14(8-2-5-11(15)12(16)6-8)10-4-3-9(17)7-13(10)18/h2-7,14,19H,1H3. The summed E-state index contributed by atoms with van der Waals surface area (Å²) in [7, 11) is 1.69. The van der Waals surface area contributed by atoms with Crippen LogP contribution in [-0.2, 0) is 0 Å². The van der Waals surface area contributed by atoms with Crippen molar-refractivity contribution in [2.24, 2.45) is 0 Å². The van der Waals surface area contributed by atoms with Gasteiger partial charge < -0.3 is 5.32 Å². The minimum absolute atomic E-state index is 0.349. The highest BCUT2D eigenvalue weighted by Crippen LogP contribution is 2.29. The third kappa shape index (κ3) is 3.06. The normalized spacial score (nSPS) is 12.5. The Kier molecular flexibility index (Phi) is 4.40. The van der Waals surface area contributed by atoms with Gasteiger partial charge in [-0.05, 0) is 30.8 Å². The molecule has 1 nitrogen and oxygen atoms in total. The number of nitrogens with one attached hydrogen (secondary N) is 1. The van der Waals surface area contributed by atoms with Gasteiger partial charge in [0.05, 0.1) is 16.1 Å². The molecule has 19 heavy (non-hydrogen) atoms. The maximum atomic E-state index is 13.8. The van der Waals surface area contributed by atoms with Gasteiger partial charge in [-0.15, -0.1) is 0 Å². The van der Waals surface area contributed by atoms with E-state index in [9.17, 15) is 8.78 Å². The molecule has 0 saturated heterocycles. The Bertz CT molecular complexity index is 602. The quantitative estimate of drug-likeness (QED) is 0.875. The Labute approximate surface area is 120 Å². The summed E-state index contributed by atoms with van der Waals surface area (Å²) >= 11 is 11.8. The maximum absolute atomic E-state index is 13.8. The fourth-order valence-electron chi connectivity index (χ4n) is 1.93. The molecule has 1 N–H and O–H groups in total. The highest BCUT2D eigenvalue weighted by molar-refractivity contribution is 6.42. The summed E-state index contributed by atoms with van der Waals surface area (Å²) in [5.74, 6) is -1.21. The monoisotopic (exact) mass is 301 g/mol. The highest BCUT2D eigenvalue weighted by atomic mass is 35.5. The van der Waals surface area contributed by atoms with Crippen LogP contribution < -0.4 is 5.32 Å². The average molecular weight is 302 g/mol. The summed E-state index contributed by atoms with van der Waals surface area (Å²) in [4.78, 5) is 0. The third-order valence-electron chi connectivity index (χ3n) is 2.84. The van der Waals surface area contributed by atoms with Crippen molar-refractivity contribution in [1.82, 2.24) is 5.32 Å². The molecule has 1 atom stereocenters. The van der Waals surface area contributed by atoms with E-state index in [4.69, 9.17) is 23.2 Å². The lowest BCUT2D eigenvalue weighted by Gasteiger charge is -2.18. The molecule has 1 unspecified atom stereocenters. The van der Waals surface area contributed by atoms with Gasteiger partial charge in [0.1, 0.15) is 11.6 Å². The van der Waals surface area contributed by atoms with Crippen molar-refractivity contribution in [1.29, 1.82) is 0 Å². The van der Waals surface area contributed by atoms with Crippen molar-refractivity contribution < 1.29 is 8.78 Å². The van der Waals surface area contributed by atoms with Gasteiger partial charge in [0, 0.05) is 11.6 Å². The lowest BCUT2D eigenvalue weighted by atomic mass is 9.98. The molecule has 0 aliphatic heterocycles. The molecular formula is C14H11Cl2F2N. The van der Waals surface area contributed by atoms with Crippen LogP contribution in [0.4, 0.5) is 8.78 Å². The summed E-state index contributed by atoms with van der Waals surface area (Å²) in [5.41, 5.74) is 1.10. The first kappa shape index (κ1) is 14.3. The van der Waals surface area contributed by atoms with E-state index in [1.54, 1.807) is 25.2 Å². The molecule has 0 fully saturated rings. The molecule has 2 aromatic carbocycles. The molecule has 0 spiro atoms. The van der Waals surface area contributed by atoms with E-state index in [2.05, 4.69) is 5.32 Å². The maximum Gasteiger partial charge on any atom is 0.131 e. The Hall–Kier alpha value is -1.16. The molecular weight excluding hydrogens is 291 g/mol. The zero-order valence-corrected chi connectivity index (χ0v) is 11.6. The molecule has 5 heteroatoms. The summed E-state index contributed by atoms with van der Waals surface area (Å²) in [6.07, 6.45) is 0. The van der Waals surface area contributed by atoms with Gasteiger partial charge >= 0.3 is 0 Å². The van der Waals surface area contributed by atoms with E-state index in [-0.39, 0.29) is 0 Å². The fourth-order valence-corrected chi connectivity index (χ4v) is 2.24. The van der Waals surface area contributed by atoms with Gasteiger partial charge in [-0.25, -0.2) is 8.78 Å². The number of benzene rings is 2. The molecule has 2 rings (SSSR count). The molecule has 0 aliphatic carbocycles. The molecule has 0 bridgehead atoms. The van der Waals surface area contributed by atoms with Crippen LogP contribution >= 0.6 is 23.2 Å². The van der Waals surface area contributed by atoms with Crippen molar-refractivity contribution in [3.63, 3.8) is 0 Å². The second-order valence-corrected chi connectivity index (χ2v) is 4.88. The van der Waals surface area contributed by atoms with Gasteiger partial charge in [-0.2, -0.15) is 0 Å². The number of rotatable bonds is 3. The molecule has 100 valence electrons. The lowest BCUT2D eigenvalue weighted by Crippen LogP contribution is -2.19. The van der Waals surface area contributed by atoms with Crippen molar-refractivity contribution in [3.8, 4) is 0 Å². The van der Waals surface area contributed by atoms with Crippen LogP contribution in [-0.4, -0.2) is 7.05 Å². The van der Waals surface area contributed by atoms with E-state index in [1.165, 1.54) is 12.1 Å². The molecule has 0 aliphatic rings. The van der Waals surface area contributed by atoms with Gasteiger partial charge in [-0.1, -0.05) is 35.3 Å². The van der Waals surface area contributed by atoms with E-state index < -0.39 is 17.7 Å². The van der Waals surface area contributed by atoms with Crippen molar-refractivity contribution in [2.45, 2.75) is 6.04 Å². The van der Waals surface area contributed by atoms with Crippen LogP contribution in [0.1, 0.15) is 17.2 Å². The van der Waals surface area contributed by atoms with E-state index in [0.29, 0.717) is 15.6 Å². The van der Waals surface area contributed by atoms with Gasteiger partial charge in [0.15, 0.2) is 0 Å². The predicted molar refractivity (Wildman–Crippen MR) is 73.7 cm³/mol. The van der Waals surface area contributed by atoms with E-state index >= 15 is 0 Å². The molecule has 2 aromatic rings. The van der Waals surface area contributed by atoms with Crippen LogP contribution in [0.25, 0.3) is 0 Å². The summed E-state index contributed by atoms with van der Waals surface area (Å²) in [6.45, 7) is 0. The molecule has 0 heterocycles. The third-order valence-corrected chi connectivity index (χ3v) is 3.58. The topological polar surface area (TPSA) is 12.0 Å². The van der Waals surface area contributed by atoms with Crippen LogP contribution in [0.3, 0.4) is 0 Å². The number of hydrogen-bond acceptors (Lipinski definition) is 1. The molecule has 0 aromatic heterocycles. The van der Waals surface area contributed by atoms with Gasteiger partial charge in [-0.3, -0.25) is 0 Å². The smallest absolute Gasteiger partial charge is 0.131 e. The van der Waals surface area contributed by atoms with Crippen LogP contribution in [0.5, 0.6) is 0 Å². The summed E-state index contributed by atoms with van der Waals surface area (Å²) in [6, 6.07) is 8.12. The zero-order chi connectivity index (χ0) is 14.0. The van der Waals surface area contributed by atoms with E-state index in [0.717, 1.165) is 11.6 Å². The first-order chi connectivity index (χ1) is 9.02. The second kappa shape index (κ2) is 5.87. The molecule has 0 amide bonds. The Morgan fingerprint density at radius 1 is 1.00 bits per heavy atom. The molecule has 0 radical (unpaired) electrons. The van der Waals surface area contributed by atoms with Crippen LogP contribution in [0, 0.1) is 11.6 Å². The largest absolute Gasteiger partial charge is 0.309 e. The Morgan fingerprint density at radius 2 is 1.74 bits per heavy atom. The average Bonchev–Trinajstić information content (AvgIpc) is 2.37. The Balaban J connectivity index is 2.46. The number of hydrogen-bond donors (Lipinski definition) is 1. The van der Waals surface area contributed by atoms with Crippen molar-refractivity contribution >= 4 is 23.2 Å². The zero-order valence-electron chi connectivity index (χ0n) is 10.1. The first-order valence-corrected chi connectivity index (χ1v) is 6.35. The predicted octanol–water partition coefficient (Wildman–Crippen LogP) is 4.58. The Morgan fingerprint density at radius 3 is 2.32 bits per heavy atom. The first-order valence-electron chi connectivity index (χ1n) is 5.60. The van der Waals surface area contributed by atoms with Crippen molar-refractivity contribution in [3.05, 3.63) is 69.2 Å². The minimum Gasteiger partial charge on any atom is -0.309 e. The van der Waals surface area contributed by atoms with Gasteiger partial charge in [0.2, 0.25) is 0 Å². The fraction of sp³-hybridized carbons (Fsp3) is 0.143. The van der Waals surface area contributed by atoms with Crippen LogP contribution in [0.15, 0.2) is 36.4 Å². The van der Waals surface area contributed by atoms with E-state index in [1.807, 2.05) is 0 Å². The van der Waals surface area contributed by atoms with Crippen LogP contribution in [0.2, 0.25) is 10.0 Å². The van der Waals surface area contributed by atoms with Gasteiger partial charge in [0.25, 0.3) is 0 Å². The SMILES string of the molecule is CNC(c1ccc(Cl)c(Cl)c1)c1ccc(F)cc1F. The summed E-state index contributed by atoms with van der Waals surface area (Å²) < 4.78 is 26.7. The minimum atomic E-state index is -0.606. The number of halogens is 4. The second-order valence-electron chi connectivity index (χ2n) is 4.06. The summed E-state index contributed by atoms with van der Waals surface area (Å²) in [5, 5.41) is 3.80.